The molecule has 2 aromatic rings. The number of carbonyl (C=O) groups excluding carboxylic acids is 2. The van der Waals surface area contributed by atoms with Crippen LogP contribution in [0, 0.1) is 0 Å². The van der Waals surface area contributed by atoms with Gasteiger partial charge in [0.2, 0.25) is 0 Å². The van der Waals surface area contributed by atoms with Gasteiger partial charge in [-0.05, 0) is 43.3 Å². The summed E-state index contributed by atoms with van der Waals surface area (Å²) in [4.78, 5) is 22.9. The average molecular weight is 320 g/mol. The predicted octanol–water partition coefficient (Wildman–Crippen LogP) is 4.20. The monoisotopic (exact) mass is 319 g/mol. The van der Waals surface area contributed by atoms with Crippen LogP contribution in [-0.4, -0.2) is 18.3 Å². The zero-order valence-electron chi connectivity index (χ0n) is 11.4. The van der Waals surface area contributed by atoms with Gasteiger partial charge in [0, 0.05) is 11.3 Å². The molecule has 0 heterocycles. The van der Waals surface area contributed by atoms with Gasteiger partial charge in [-0.25, -0.2) is 0 Å². The fourth-order valence-corrected chi connectivity index (χ4v) is 1.88. The second-order valence-corrected chi connectivity index (χ2v) is 4.81. The summed E-state index contributed by atoms with van der Waals surface area (Å²) in [7, 11) is 0. The van der Waals surface area contributed by atoms with Gasteiger partial charge in [-0.15, -0.1) is 0 Å². The lowest BCUT2D eigenvalue weighted by Crippen LogP contribution is -2.20. The molecule has 2 aromatic carbocycles. The van der Waals surface area contributed by atoms with Crippen LogP contribution in [0.3, 0.4) is 0 Å². The molecule has 0 bridgehead atoms. The Morgan fingerprint density at radius 3 is 2.32 bits per heavy atom. The number of amides is 1. The topological polar surface area (TPSA) is 55.4 Å². The van der Waals surface area contributed by atoms with Crippen molar-refractivity contribution in [2.45, 2.75) is 14.4 Å². The van der Waals surface area contributed by atoms with Crippen molar-refractivity contribution in [2.24, 2.45) is 0 Å². The van der Waals surface area contributed by atoms with Crippen molar-refractivity contribution in [2.75, 3.05) is 11.9 Å². The second kappa shape index (κ2) is 8.20. The van der Waals surface area contributed by atoms with E-state index in [2.05, 4.69) is 5.32 Å². The standard InChI is InChI=1S/C16H14ClNO3.CH4/c1-11(19)12-6-8-13(9-7-12)18-16(20)10-21-15-5-3-2-4-14(15)17;/h2-9H,10H2,1H3,(H,18,20);1H4. The lowest BCUT2D eigenvalue weighted by atomic mass is 10.1. The number of hydrogen-bond acceptors (Lipinski definition) is 3. The van der Waals surface area contributed by atoms with Crippen molar-refractivity contribution < 1.29 is 14.3 Å². The number of ketones is 1. The van der Waals surface area contributed by atoms with Crippen molar-refractivity contribution >= 4 is 29.0 Å². The van der Waals surface area contributed by atoms with Crippen molar-refractivity contribution in [3.8, 4) is 5.75 Å². The molecule has 116 valence electrons. The SMILES string of the molecule is C.CC(=O)c1ccc(NC(=O)COc2ccccc2Cl)cc1. The van der Waals surface area contributed by atoms with Gasteiger partial charge in [-0.3, -0.25) is 9.59 Å². The van der Waals surface area contributed by atoms with E-state index in [1.165, 1.54) is 6.92 Å². The van der Waals surface area contributed by atoms with Gasteiger partial charge >= 0.3 is 0 Å². The molecule has 0 fully saturated rings. The molecule has 0 spiro atoms. The molecule has 0 atom stereocenters. The number of ether oxygens (including phenoxy) is 1. The van der Waals surface area contributed by atoms with Gasteiger partial charge < -0.3 is 10.1 Å². The van der Waals surface area contributed by atoms with Crippen LogP contribution in [0.15, 0.2) is 48.5 Å². The molecule has 1 amide bonds. The number of rotatable bonds is 5. The van der Waals surface area contributed by atoms with Crippen LogP contribution in [0.1, 0.15) is 24.7 Å². The van der Waals surface area contributed by atoms with E-state index in [-0.39, 0.29) is 25.7 Å². The summed E-state index contributed by atoms with van der Waals surface area (Å²) >= 11 is 5.93. The van der Waals surface area contributed by atoms with Gasteiger partial charge in [0.15, 0.2) is 12.4 Å². The molecule has 5 heteroatoms. The molecule has 0 aliphatic heterocycles. The first-order valence-corrected chi connectivity index (χ1v) is 6.72. The zero-order chi connectivity index (χ0) is 15.2. The van der Waals surface area contributed by atoms with Crippen LogP contribution in [-0.2, 0) is 4.79 Å². The van der Waals surface area contributed by atoms with E-state index in [1.54, 1.807) is 48.5 Å². The van der Waals surface area contributed by atoms with E-state index >= 15 is 0 Å². The number of hydrogen-bond donors (Lipinski definition) is 1. The zero-order valence-corrected chi connectivity index (χ0v) is 12.2. The maximum atomic E-state index is 11.8. The van der Waals surface area contributed by atoms with Gasteiger partial charge in [-0.1, -0.05) is 31.2 Å². The first kappa shape index (κ1) is 17.7. The summed E-state index contributed by atoms with van der Waals surface area (Å²) in [6.07, 6.45) is 0. The highest BCUT2D eigenvalue weighted by molar-refractivity contribution is 6.32. The average Bonchev–Trinajstić information content (AvgIpc) is 2.47. The van der Waals surface area contributed by atoms with E-state index < -0.39 is 0 Å². The number of Topliss-reactive ketones (excluding diaryl/α,β-unsaturated/α-hetero) is 1. The highest BCUT2D eigenvalue weighted by Crippen LogP contribution is 2.22. The van der Waals surface area contributed by atoms with Crippen molar-refractivity contribution in [3.63, 3.8) is 0 Å². The Kier molecular flexibility index (Phi) is 6.60. The third-order valence-corrected chi connectivity index (χ3v) is 3.08. The van der Waals surface area contributed by atoms with Gasteiger partial charge in [0.05, 0.1) is 5.02 Å². The lowest BCUT2D eigenvalue weighted by molar-refractivity contribution is -0.118. The Morgan fingerprint density at radius 1 is 1.09 bits per heavy atom. The Hall–Kier alpha value is -2.33. The first-order valence-electron chi connectivity index (χ1n) is 6.34. The summed E-state index contributed by atoms with van der Waals surface area (Å²) in [6.45, 7) is 1.35. The number of halogens is 1. The van der Waals surface area contributed by atoms with Crippen molar-refractivity contribution in [1.29, 1.82) is 0 Å². The highest BCUT2D eigenvalue weighted by atomic mass is 35.5. The normalized spacial score (nSPS) is 9.55. The van der Waals surface area contributed by atoms with E-state index in [4.69, 9.17) is 16.3 Å². The third kappa shape index (κ3) is 4.90. The molecular formula is C17H18ClNO3. The molecule has 0 radical (unpaired) electrons. The summed E-state index contributed by atoms with van der Waals surface area (Å²) in [5, 5.41) is 3.13. The van der Waals surface area contributed by atoms with E-state index in [1.807, 2.05) is 0 Å². The smallest absolute Gasteiger partial charge is 0.262 e. The Labute approximate surface area is 135 Å². The van der Waals surface area contributed by atoms with Crippen LogP contribution < -0.4 is 10.1 Å². The van der Waals surface area contributed by atoms with E-state index in [0.717, 1.165) is 0 Å². The summed E-state index contributed by atoms with van der Waals surface area (Å²) in [5.41, 5.74) is 1.20. The molecule has 4 nitrogen and oxygen atoms in total. The number of benzene rings is 2. The minimum atomic E-state index is -0.300. The van der Waals surface area contributed by atoms with Crippen LogP contribution >= 0.6 is 11.6 Å². The lowest BCUT2D eigenvalue weighted by Gasteiger charge is -2.08. The van der Waals surface area contributed by atoms with E-state index in [0.29, 0.717) is 22.0 Å². The highest BCUT2D eigenvalue weighted by Gasteiger charge is 2.06. The summed E-state index contributed by atoms with van der Waals surface area (Å²) < 4.78 is 5.33. The van der Waals surface area contributed by atoms with Crippen LogP contribution in [0.5, 0.6) is 5.75 Å². The number of nitrogens with one attached hydrogen (secondary N) is 1. The maximum absolute atomic E-state index is 11.8. The molecule has 0 aliphatic carbocycles. The quantitative estimate of drug-likeness (QED) is 0.840. The molecule has 0 aromatic heterocycles. The Bertz CT molecular complexity index is 653. The summed E-state index contributed by atoms with van der Waals surface area (Å²) in [6, 6.07) is 13.6. The minimum absolute atomic E-state index is 0. The summed E-state index contributed by atoms with van der Waals surface area (Å²) in [5.74, 6) is 0.140. The number of carbonyl (C=O) groups is 2. The molecule has 0 unspecified atom stereocenters. The fraction of sp³-hybridized carbons (Fsp3) is 0.176. The molecule has 22 heavy (non-hydrogen) atoms. The van der Waals surface area contributed by atoms with Gasteiger partial charge in [0.1, 0.15) is 5.75 Å². The van der Waals surface area contributed by atoms with Crippen LogP contribution in [0.2, 0.25) is 5.02 Å². The van der Waals surface area contributed by atoms with Gasteiger partial charge in [-0.2, -0.15) is 0 Å². The molecule has 2 rings (SSSR count). The number of para-hydroxylation sites is 1. The van der Waals surface area contributed by atoms with Crippen LogP contribution in [0.4, 0.5) is 5.69 Å². The maximum Gasteiger partial charge on any atom is 0.262 e. The Morgan fingerprint density at radius 2 is 1.73 bits per heavy atom. The van der Waals surface area contributed by atoms with Crippen molar-refractivity contribution in [3.05, 3.63) is 59.1 Å². The molecule has 0 saturated heterocycles. The minimum Gasteiger partial charge on any atom is -0.482 e. The second-order valence-electron chi connectivity index (χ2n) is 4.40. The van der Waals surface area contributed by atoms with Crippen LogP contribution in [0.25, 0.3) is 0 Å². The van der Waals surface area contributed by atoms with Gasteiger partial charge in [0.25, 0.3) is 5.91 Å². The molecule has 0 aliphatic rings. The van der Waals surface area contributed by atoms with E-state index in [9.17, 15) is 9.59 Å². The molecular weight excluding hydrogens is 302 g/mol. The predicted molar refractivity (Wildman–Crippen MR) is 88.8 cm³/mol. The van der Waals surface area contributed by atoms with Crippen molar-refractivity contribution in [1.82, 2.24) is 0 Å². The largest absolute Gasteiger partial charge is 0.482 e. The Balaban J connectivity index is 0.00000242. The molecule has 0 saturated carbocycles. The first-order chi connectivity index (χ1) is 10.1. The number of anilines is 1. The fourth-order valence-electron chi connectivity index (χ4n) is 1.69. The third-order valence-electron chi connectivity index (χ3n) is 2.77. The molecule has 1 N–H and O–H groups in total.